The predicted molar refractivity (Wildman–Crippen MR) is 122 cm³/mol. The van der Waals surface area contributed by atoms with Crippen molar-refractivity contribution in [3.05, 3.63) is 65.5 Å². The van der Waals surface area contributed by atoms with E-state index < -0.39 is 11.6 Å². The standard InChI is InChI=1S/C24H24F2N6O2/c1-14-4-3-9-31(20(14)13-27-24-30-18-6-5-16(25)12-21(18)34-24)23(33)22-15(2)10-17(26)11-19(22)32-28-7-8-29-32/h5-8,10-12,14,20H,3-4,9,13H2,1-2H3,(H,27,30)/t14-,20-/m1/s1. The Hall–Kier alpha value is -3.82. The zero-order valence-electron chi connectivity index (χ0n) is 18.8. The van der Waals surface area contributed by atoms with E-state index in [0.717, 1.165) is 12.8 Å². The van der Waals surface area contributed by atoms with Crippen LogP contribution in [0.5, 0.6) is 0 Å². The Morgan fingerprint density at radius 2 is 1.97 bits per heavy atom. The van der Waals surface area contributed by atoms with Crippen LogP contribution in [0.25, 0.3) is 16.8 Å². The molecule has 1 aliphatic rings. The summed E-state index contributed by atoms with van der Waals surface area (Å²) in [5, 5.41) is 11.4. The highest BCUT2D eigenvalue weighted by molar-refractivity contribution is 5.99. The van der Waals surface area contributed by atoms with E-state index in [2.05, 4.69) is 27.4 Å². The molecule has 0 radical (unpaired) electrons. The summed E-state index contributed by atoms with van der Waals surface area (Å²) in [4.78, 5) is 21.3. The third kappa shape index (κ3) is 4.11. The molecule has 2 aromatic carbocycles. The van der Waals surface area contributed by atoms with Gasteiger partial charge >= 0.3 is 0 Å². The summed E-state index contributed by atoms with van der Waals surface area (Å²) >= 11 is 0. The molecule has 1 saturated heterocycles. The second kappa shape index (κ2) is 8.85. The molecule has 5 rings (SSSR count). The van der Waals surface area contributed by atoms with Crippen molar-refractivity contribution in [3.8, 4) is 5.69 Å². The molecule has 4 aromatic rings. The molecule has 176 valence electrons. The molecule has 0 aliphatic carbocycles. The van der Waals surface area contributed by atoms with Gasteiger partial charge in [-0.25, -0.2) is 8.78 Å². The van der Waals surface area contributed by atoms with Gasteiger partial charge < -0.3 is 14.6 Å². The van der Waals surface area contributed by atoms with Crippen LogP contribution in [-0.2, 0) is 0 Å². The fraction of sp³-hybridized carbons (Fsp3) is 0.333. The molecular weight excluding hydrogens is 442 g/mol. The van der Waals surface area contributed by atoms with Crippen LogP contribution < -0.4 is 5.32 Å². The van der Waals surface area contributed by atoms with E-state index in [9.17, 15) is 13.6 Å². The minimum absolute atomic E-state index is 0.157. The average molecular weight is 466 g/mol. The number of halogens is 2. The summed E-state index contributed by atoms with van der Waals surface area (Å²) in [7, 11) is 0. The number of carbonyl (C=O) groups excluding carboxylic acids is 1. The lowest BCUT2D eigenvalue weighted by atomic mass is 9.89. The normalized spacial score (nSPS) is 18.4. The maximum atomic E-state index is 14.2. The molecule has 34 heavy (non-hydrogen) atoms. The van der Waals surface area contributed by atoms with Crippen molar-refractivity contribution < 1.29 is 18.0 Å². The van der Waals surface area contributed by atoms with Crippen molar-refractivity contribution in [2.24, 2.45) is 5.92 Å². The fourth-order valence-electron chi connectivity index (χ4n) is 4.62. The molecule has 3 heterocycles. The number of nitrogens with one attached hydrogen (secondary N) is 1. The number of rotatable bonds is 5. The Morgan fingerprint density at radius 1 is 1.18 bits per heavy atom. The Morgan fingerprint density at radius 3 is 2.76 bits per heavy atom. The van der Waals surface area contributed by atoms with Crippen molar-refractivity contribution >= 4 is 23.0 Å². The first-order valence-electron chi connectivity index (χ1n) is 11.2. The third-order valence-corrected chi connectivity index (χ3v) is 6.32. The third-order valence-electron chi connectivity index (χ3n) is 6.32. The topological polar surface area (TPSA) is 89.1 Å². The number of anilines is 1. The van der Waals surface area contributed by atoms with Gasteiger partial charge in [-0.3, -0.25) is 4.79 Å². The molecular formula is C24H24F2N6O2. The SMILES string of the molecule is Cc1cc(F)cc(-n2nccn2)c1C(=O)N1CCC[C@@H](C)[C@H]1CNc1nc2ccc(F)cc2o1. The molecule has 2 atom stereocenters. The van der Waals surface area contributed by atoms with E-state index in [1.54, 1.807) is 13.0 Å². The largest absolute Gasteiger partial charge is 0.423 e. The van der Waals surface area contributed by atoms with Gasteiger partial charge in [0.1, 0.15) is 22.8 Å². The molecule has 10 heteroatoms. The Kier molecular flexibility index (Phi) is 5.72. The van der Waals surface area contributed by atoms with Gasteiger partial charge in [0, 0.05) is 25.2 Å². The average Bonchev–Trinajstić information content (AvgIpc) is 3.47. The van der Waals surface area contributed by atoms with Gasteiger partial charge in [0.25, 0.3) is 11.9 Å². The summed E-state index contributed by atoms with van der Waals surface area (Å²) in [6.07, 6.45) is 4.79. The molecule has 1 aliphatic heterocycles. The lowest BCUT2D eigenvalue weighted by Gasteiger charge is -2.40. The number of piperidine rings is 1. The van der Waals surface area contributed by atoms with Crippen LogP contribution in [-0.4, -0.2) is 49.9 Å². The summed E-state index contributed by atoms with van der Waals surface area (Å²) in [5.41, 5.74) is 2.09. The smallest absolute Gasteiger partial charge is 0.295 e. The number of hydrogen-bond acceptors (Lipinski definition) is 6. The summed E-state index contributed by atoms with van der Waals surface area (Å²) in [5.74, 6) is -0.856. The Bertz CT molecular complexity index is 1340. The van der Waals surface area contributed by atoms with E-state index in [1.807, 2.05) is 4.90 Å². The zero-order chi connectivity index (χ0) is 23.8. The quantitative estimate of drug-likeness (QED) is 0.471. The monoisotopic (exact) mass is 466 g/mol. The number of amides is 1. The highest BCUT2D eigenvalue weighted by Gasteiger charge is 2.34. The first-order valence-corrected chi connectivity index (χ1v) is 11.2. The molecule has 2 aromatic heterocycles. The van der Waals surface area contributed by atoms with Crippen LogP contribution in [0.3, 0.4) is 0 Å². The second-order valence-electron chi connectivity index (χ2n) is 8.63. The Labute approximate surface area is 194 Å². The van der Waals surface area contributed by atoms with Gasteiger partial charge in [0.15, 0.2) is 5.58 Å². The van der Waals surface area contributed by atoms with Gasteiger partial charge in [0.05, 0.1) is 24.0 Å². The summed E-state index contributed by atoms with van der Waals surface area (Å²) in [6.45, 7) is 4.77. The summed E-state index contributed by atoms with van der Waals surface area (Å²) < 4.78 is 33.3. The van der Waals surface area contributed by atoms with Crippen molar-refractivity contribution in [2.75, 3.05) is 18.4 Å². The van der Waals surface area contributed by atoms with Crippen LogP contribution in [0.2, 0.25) is 0 Å². The van der Waals surface area contributed by atoms with Crippen LogP contribution in [0.4, 0.5) is 14.8 Å². The van der Waals surface area contributed by atoms with Crippen LogP contribution in [0.1, 0.15) is 35.7 Å². The lowest BCUT2D eigenvalue weighted by Crippen LogP contribution is -2.51. The number of aryl methyl sites for hydroxylation is 1. The molecule has 0 saturated carbocycles. The van der Waals surface area contributed by atoms with Gasteiger partial charge in [-0.2, -0.15) is 20.0 Å². The highest BCUT2D eigenvalue weighted by Crippen LogP contribution is 2.29. The number of hydrogen-bond donors (Lipinski definition) is 1. The minimum atomic E-state index is -0.459. The number of nitrogens with zero attached hydrogens (tertiary/aromatic N) is 5. The van der Waals surface area contributed by atoms with E-state index >= 15 is 0 Å². The number of aromatic nitrogens is 4. The molecule has 8 nitrogen and oxygen atoms in total. The van der Waals surface area contributed by atoms with Crippen molar-refractivity contribution in [1.29, 1.82) is 0 Å². The maximum Gasteiger partial charge on any atom is 0.295 e. The van der Waals surface area contributed by atoms with E-state index in [1.165, 1.54) is 41.5 Å². The molecule has 0 bridgehead atoms. The predicted octanol–water partition coefficient (Wildman–Crippen LogP) is 4.35. The van der Waals surface area contributed by atoms with Crippen molar-refractivity contribution in [1.82, 2.24) is 24.9 Å². The van der Waals surface area contributed by atoms with Gasteiger partial charge in [-0.05, 0) is 49.4 Å². The minimum Gasteiger partial charge on any atom is -0.423 e. The number of carbonyl (C=O) groups is 1. The molecule has 1 N–H and O–H groups in total. The van der Waals surface area contributed by atoms with Crippen LogP contribution in [0.15, 0.2) is 47.1 Å². The Balaban J connectivity index is 1.43. The summed E-state index contributed by atoms with van der Waals surface area (Å²) in [6, 6.07) is 6.90. The molecule has 1 fully saturated rings. The fourth-order valence-corrected chi connectivity index (χ4v) is 4.62. The van der Waals surface area contributed by atoms with Crippen molar-refractivity contribution in [2.45, 2.75) is 32.7 Å². The second-order valence-corrected chi connectivity index (χ2v) is 8.63. The first-order chi connectivity index (χ1) is 16.4. The number of fused-ring (bicyclic) bond motifs is 1. The van der Waals surface area contributed by atoms with Gasteiger partial charge in [-0.1, -0.05) is 6.92 Å². The van der Waals surface area contributed by atoms with E-state index in [4.69, 9.17) is 4.42 Å². The molecule has 0 unspecified atom stereocenters. The van der Waals surface area contributed by atoms with Gasteiger partial charge in [0.2, 0.25) is 0 Å². The highest BCUT2D eigenvalue weighted by atomic mass is 19.1. The van der Waals surface area contributed by atoms with Crippen LogP contribution in [0, 0.1) is 24.5 Å². The maximum absolute atomic E-state index is 14.2. The molecule has 1 amide bonds. The number of benzene rings is 2. The van der Waals surface area contributed by atoms with Crippen molar-refractivity contribution in [3.63, 3.8) is 0 Å². The first kappa shape index (κ1) is 22.0. The zero-order valence-corrected chi connectivity index (χ0v) is 18.8. The van der Waals surface area contributed by atoms with Gasteiger partial charge in [-0.15, -0.1) is 0 Å². The molecule has 0 spiro atoms. The number of oxazole rings is 1. The van der Waals surface area contributed by atoms with E-state index in [0.29, 0.717) is 41.0 Å². The lowest BCUT2D eigenvalue weighted by molar-refractivity contribution is 0.0538. The van der Waals surface area contributed by atoms with E-state index in [-0.39, 0.29) is 23.9 Å². The van der Waals surface area contributed by atoms with Crippen LogP contribution >= 0.6 is 0 Å². The number of likely N-dealkylation sites (tertiary alicyclic amines) is 1.